The van der Waals surface area contributed by atoms with E-state index < -0.39 is 22.9 Å². The minimum absolute atomic E-state index is 0.0213. The van der Waals surface area contributed by atoms with Gasteiger partial charge in [0.05, 0.1) is 24.5 Å². The van der Waals surface area contributed by atoms with Gasteiger partial charge in [-0.2, -0.15) is 5.10 Å². The Labute approximate surface area is 401 Å². The summed E-state index contributed by atoms with van der Waals surface area (Å²) in [6.45, 7) is 8.19. The molecule has 0 radical (unpaired) electrons. The van der Waals surface area contributed by atoms with E-state index in [1.54, 1.807) is 25.8 Å². The van der Waals surface area contributed by atoms with E-state index in [4.69, 9.17) is 15.2 Å². The van der Waals surface area contributed by atoms with Crippen molar-refractivity contribution in [2.45, 2.75) is 82.4 Å². The lowest BCUT2D eigenvalue weighted by molar-refractivity contribution is -0.143. The Morgan fingerprint density at radius 3 is 2.19 bits per heavy atom. The fourth-order valence-electron chi connectivity index (χ4n) is 10.2. The van der Waals surface area contributed by atoms with Crippen molar-refractivity contribution in [2.75, 3.05) is 53.0 Å². The maximum atomic E-state index is 13.8. The molecule has 1 aliphatic carbocycles. The number of hydrogen-bond acceptors (Lipinski definition) is 9. The van der Waals surface area contributed by atoms with E-state index >= 15 is 0 Å². The summed E-state index contributed by atoms with van der Waals surface area (Å²) >= 11 is 0. The molecule has 4 aliphatic rings. The summed E-state index contributed by atoms with van der Waals surface area (Å²) in [5.41, 5.74) is 11.9. The van der Waals surface area contributed by atoms with E-state index in [2.05, 4.69) is 76.0 Å². The molecular weight excluding hydrogens is 853 g/mol. The molecule has 9 rings (SSSR count). The number of hydrogen-bond donors (Lipinski definition) is 3. The molecule has 4 atom stereocenters. The first-order valence-corrected chi connectivity index (χ1v) is 24.1. The highest BCUT2D eigenvalue weighted by atomic mass is 16.5. The normalized spacial score (nSPS) is 20.6. The largest absolute Gasteiger partial charge is 0.508 e. The van der Waals surface area contributed by atoms with Crippen LogP contribution in [0.5, 0.6) is 11.5 Å². The number of phenolic OH excluding ortho intramolecular Hbond substituents is 1. The van der Waals surface area contributed by atoms with E-state index in [0.717, 1.165) is 48.6 Å². The fraction of sp³-hybridized carbons (Fsp3) is 0.393. The van der Waals surface area contributed by atoms with Crippen LogP contribution >= 0.6 is 0 Å². The summed E-state index contributed by atoms with van der Waals surface area (Å²) in [4.78, 5) is 44.1. The summed E-state index contributed by atoms with van der Waals surface area (Å²) in [5, 5.41) is 18.7. The summed E-state index contributed by atoms with van der Waals surface area (Å²) < 4.78 is 11.9. The topological polar surface area (TPSA) is 150 Å². The second-order valence-electron chi connectivity index (χ2n) is 19.3. The van der Waals surface area contributed by atoms with Crippen LogP contribution in [0.2, 0.25) is 0 Å². The number of carbonyl (C=O) groups excluding carboxylic acids is 3. The maximum Gasteiger partial charge on any atom is 0.256 e. The Morgan fingerprint density at radius 1 is 0.853 bits per heavy atom. The third kappa shape index (κ3) is 11.5. The molecule has 0 spiro atoms. The molecule has 12 nitrogen and oxygen atoms in total. The fourth-order valence-corrected chi connectivity index (χ4v) is 10.2. The van der Waals surface area contributed by atoms with E-state index in [1.165, 1.54) is 53.2 Å². The molecule has 0 aromatic heterocycles. The Kier molecular flexibility index (Phi) is 15.4. The van der Waals surface area contributed by atoms with Crippen molar-refractivity contribution >= 4 is 23.4 Å². The summed E-state index contributed by atoms with van der Waals surface area (Å²) in [6, 6.07) is 43.8. The van der Waals surface area contributed by atoms with Gasteiger partial charge in [0.1, 0.15) is 29.6 Å². The van der Waals surface area contributed by atoms with Crippen molar-refractivity contribution in [1.29, 1.82) is 0 Å². The molecule has 5 aromatic carbocycles. The number of rotatable bonds is 15. The molecule has 0 unspecified atom stereocenters. The van der Waals surface area contributed by atoms with Crippen LogP contribution in [0.4, 0.5) is 0 Å². The Hall–Kier alpha value is -6.34. The summed E-state index contributed by atoms with van der Waals surface area (Å²) in [7, 11) is 1.65. The highest BCUT2D eigenvalue weighted by molar-refractivity contribution is 6.13. The second-order valence-corrected chi connectivity index (χ2v) is 19.3. The third-order valence-electron chi connectivity index (χ3n) is 13.8. The first-order chi connectivity index (χ1) is 32.9. The van der Waals surface area contributed by atoms with Crippen LogP contribution in [0.25, 0.3) is 0 Å². The highest BCUT2D eigenvalue weighted by Crippen LogP contribution is 2.47. The number of nitrogens with two attached hydrogens (primary N) is 1. The minimum atomic E-state index is -1.17. The van der Waals surface area contributed by atoms with E-state index in [0.29, 0.717) is 37.7 Å². The molecule has 3 aliphatic heterocycles. The van der Waals surface area contributed by atoms with Gasteiger partial charge in [-0.05, 0) is 123 Å². The zero-order valence-electron chi connectivity index (χ0n) is 39.7. The van der Waals surface area contributed by atoms with Gasteiger partial charge in [-0.25, -0.2) is 5.01 Å². The summed E-state index contributed by atoms with van der Waals surface area (Å²) in [5.74, 6) is 1.13. The number of carbonyl (C=O) groups is 3. The van der Waals surface area contributed by atoms with E-state index in [1.807, 2.05) is 72.8 Å². The number of ether oxygens (including phenoxy) is 2. The third-order valence-corrected chi connectivity index (χ3v) is 13.8. The quantitative estimate of drug-likeness (QED) is 0.0982. The van der Waals surface area contributed by atoms with Crippen LogP contribution in [-0.2, 0) is 38.6 Å². The zero-order chi connectivity index (χ0) is 47.7. The average molecular weight is 919 g/mol. The molecule has 4 N–H and O–H groups in total. The number of nitrogens with zero attached hydrogens (tertiary/aromatic N) is 4. The van der Waals surface area contributed by atoms with Crippen molar-refractivity contribution in [3.8, 4) is 11.5 Å². The van der Waals surface area contributed by atoms with Crippen molar-refractivity contribution in [3.63, 3.8) is 0 Å². The van der Waals surface area contributed by atoms with Crippen molar-refractivity contribution in [1.82, 2.24) is 20.1 Å². The molecule has 3 amide bonds. The molecular formula is C56H66N6O6. The first kappa shape index (κ1) is 48.1. The Morgan fingerprint density at radius 2 is 1.51 bits per heavy atom. The first-order valence-electron chi connectivity index (χ1n) is 24.1. The lowest BCUT2D eigenvalue weighted by atomic mass is 9.69. The molecule has 0 bridgehead atoms. The number of fused-ring (bicyclic) bond motifs is 2. The number of aromatic hydroxyl groups is 1. The van der Waals surface area contributed by atoms with Gasteiger partial charge < -0.3 is 30.5 Å². The minimum Gasteiger partial charge on any atom is -0.508 e. The average Bonchev–Trinajstić information content (AvgIpc) is 3.96. The second kappa shape index (κ2) is 21.7. The van der Waals surface area contributed by atoms with Gasteiger partial charge in [0.25, 0.3) is 5.91 Å². The van der Waals surface area contributed by atoms with Gasteiger partial charge in [0, 0.05) is 39.0 Å². The Balaban J connectivity index is 0.000000186. The number of piperidine rings is 1. The Bertz CT molecular complexity index is 2510. The van der Waals surface area contributed by atoms with Crippen molar-refractivity contribution < 1.29 is 29.0 Å². The van der Waals surface area contributed by atoms with Gasteiger partial charge in [-0.1, -0.05) is 109 Å². The zero-order valence-corrected chi connectivity index (χ0v) is 39.7. The number of aryl methyl sites for hydroxylation is 1. The SMILES string of the molecule is CN1N=C2CCN(C(=O)[C@@H](COCc3ccccc3)NC(=O)C(C)(C)N)C[C@@]2(Cc2ccccc2)C1=O.Oc1ccc2c(c1)CC[C@H](c1ccccc1)[C@@H]2c1ccc(OCCN2CCCC2)cc1. The molecule has 5 aromatic rings. The molecule has 2 saturated heterocycles. The van der Waals surface area contributed by atoms with Gasteiger partial charge in [0.15, 0.2) is 0 Å². The number of phenols is 1. The molecule has 12 heteroatoms. The number of hydrazone groups is 1. The van der Waals surface area contributed by atoms with Crippen LogP contribution in [0, 0.1) is 5.41 Å². The van der Waals surface area contributed by atoms with Gasteiger partial charge in [0.2, 0.25) is 11.8 Å². The number of benzene rings is 5. The van der Waals surface area contributed by atoms with Gasteiger partial charge >= 0.3 is 0 Å². The molecule has 3 heterocycles. The van der Waals surface area contributed by atoms with Crippen LogP contribution in [0.3, 0.4) is 0 Å². The maximum absolute atomic E-state index is 13.8. The van der Waals surface area contributed by atoms with Gasteiger partial charge in [-0.3, -0.25) is 19.3 Å². The lowest BCUT2D eigenvalue weighted by Crippen LogP contribution is -2.61. The van der Waals surface area contributed by atoms with Crippen LogP contribution in [0.1, 0.15) is 84.7 Å². The smallest absolute Gasteiger partial charge is 0.256 e. The summed E-state index contributed by atoms with van der Waals surface area (Å²) in [6.07, 6.45) is 5.63. The highest BCUT2D eigenvalue weighted by Gasteiger charge is 2.54. The lowest BCUT2D eigenvalue weighted by Gasteiger charge is -2.40. The number of likely N-dealkylation sites (tertiary alicyclic amines) is 2. The van der Waals surface area contributed by atoms with E-state index in [-0.39, 0.29) is 30.9 Å². The monoisotopic (exact) mass is 919 g/mol. The molecule has 68 heavy (non-hydrogen) atoms. The standard InChI is InChI=1S/C28H35N5O4.C28H31NO2/c1-27(2,29)25(35)30-22(18-37-17-21-12-8-5-9-13-21)24(34)33-15-14-23-28(19-33,26(36)32(3)31-23)16-20-10-6-4-7-11-20;30-24-11-15-27-23(20-24)10-14-26(21-6-2-1-3-7-21)28(27)22-8-12-25(13-9-22)31-19-18-29-16-4-5-17-29/h4-13,22H,14-19,29H2,1-3H3,(H,30,35);1-3,6-9,11-13,15,20,26,28,30H,4-5,10,14,16-19H2/t22-,28-;26-,28+/m11/s1. The number of amides is 3. The van der Waals surface area contributed by atoms with Crippen molar-refractivity contribution in [2.24, 2.45) is 16.3 Å². The van der Waals surface area contributed by atoms with Crippen LogP contribution in [-0.4, -0.2) is 108 Å². The van der Waals surface area contributed by atoms with Crippen LogP contribution in [0.15, 0.2) is 139 Å². The molecule has 356 valence electrons. The van der Waals surface area contributed by atoms with Gasteiger partial charge in [-0.15, -0.1) is 0 Å². The van der Waals surface area contributed by atoms with Crippen LogP contribution < -0.4 is 15.8 Å². The number of nitrogens with one attached hydrogen (secondary N) is 1. The molecule has 2 fully saturated rings. The predicted octanol–water partition coefficient (Wildman–Crippen LogP) is 7.44. The predicted molar refractivity (Wildman–Crippen MR) is 265 cm³/mol. The van der Waals surface area contributed by atoms with Crippen molar-refractivity contribution in [3.05, 3.63) is 167 Å². The molecule has 0 saturated carbocycles. The van der Waals surface area contributed by atoms with E-state index in [9.17, 15) is 19.5 Å².